The third-order valence-electron chi connectivity index (χ3n) is 2.64. The normalized spacial score (nSPS) is 10.0. The Morgan fingerprint density at radius 2 is 1.61 bits per heavy atom. The first-order chi connectivity index (χ1) is 11.0. The van der Waals surface area contributed by atoms with Gasteiger partial charge in [-0.1, -0.05) is 46.9 Å². The van der Waals surface area contributed by atoms with Crippen molar-refractivity contribution in [2.75, 3.05) is 6.61 Å². The number of hydrazine groups is 1. The smallest absolute Gasteiger partial charge is 0.276 e. The number of carbonyl (C=O) groups excluding carboxylic acids is 2. The molecule has 0 bridgehead atoms. The van der Waals surface area contributed by atoms with Crippen molar-refractivity contribution in [3.05, 3.63) is 63.1 Å². The zero-order valence-corrected chi connectivity index (χ0v) is 13.9. The number of ether oxygens (including phenoxy) is 1. The monoisotopic (exact) mass is 372 g/mol. The summed E-state index contributed by atoms with van der Waals surface area (Å²) in [4.78, 5) is 23.5. The van der Waals surface area contributed by atoms with Gasteiger partial charge < -0.3 is 4.74 Å². The van der Waals surface area contributed by atoms with Gasteiger partial charge in [0, 0.05) is 15.6 Å². The maximum absolute atomic E-state index is 11.9. The summed E-state index contributed by atoms with van der Waals surface area (Å²) >= 11 is 17.5. The van der Waals surface area contributed by atoms with E-state index in [4.69, 9.17) is 39.5 Å². The van der Waals surface area contributed by atoms with Crippen LogP contribution < -0.4 is 15.6 Å². The summed E-state index contributed by atoms with van der Waals surface area (Å²) in [5, 5.41) is 1.02. The van der Waals surface area contributed by atoms with Crippen molar-refractivity contribution in [3.63, 3.8) is 0 Å². The van der Waals surface area contributed by atoms with Crippen molar-refractivity contribution in [1.82, 2.24) is 10.9 Å². The standard InChI is InChI=1S/C15H11Cl3N2O3/c16-10-5-9(6-11(17)7-10)15(22)20-19-14(21)8-23-13-4-2-1-3-12(13)18/h1-7H,8H2,(H,19,21)(H,20,22). The summed E-state index contributed by atoms with van der Waals surface area (Å²) in [5.74, 6) is -0.732. The highest BCUT2D eigenvalue weighted by Gasteiger charge is 2.10. The molecule has 0 saturated carbocycles. The molecule has 2 N–H and O–H groups in total. The Hall–Kier alpha value is -1.95. The Labute approximate surface area is 147 Å². The van der Waals surface area contributed by atoms with Gasteiger partial charge in [0.05, 0.1) is 5.02 Å². The van der Waals surface area contributed by atoms with Gasteiger partial charge in [0.15, 0.2) is 6.61 Å². The highest BCUT2D eigenvalue weighted by atomic mass is 35.5. The van der Waals surface area contributed by atoms with Crippen LogP contribution in [0.4, 0.5) is 0 Å². The highest BCUT2D eigenvalue weighted by Crippen LogP contribution is 2.22. The van der Waals surface area contributed by atoms with Crippen LogP contribution in [0.15, 0.2) is 42.5 Å². The molecule has 0 aliphatic heterocycles. The number of para-hydroxylation sites is 1. The van der Waals surface area contributed by atoms with Crippen LogP contribution in [-0.4, -0.2) is 18.4 Å². The van der Waals surface area contributed by atoms with E-state index in [1.54, 1.807) is 24.3 Å². The fourth-order valence-electron chi connectivity index (χ4n) is 1.62. The van der Waals surface area contributed by atoms with Crippen LogP contribution >= 0.6 is 34.8 Å². The number of hydrogen-bond donors (Lipinski definition) is 2. The Kier molecular flexibility index (Phi) is 6.10. The lowest BCUT2D eigenvalue weighted by molar-refractivity contribution is -0.123. The number of amides is 2. The van der Waals surface area contributed by atoms with Crippen molar-refractivity contribution in [2.24, 2.45) is 0 Å². The molecule has 0 aliphatic rings. The zero-order chi connectivity index (χ0) is 16.8. The third kappa shape index (κ3) is 5.32. The second kappa shape index (κ2) is 8.06. The van der Waals surface area contributed by atoms with E-state index in [0.717, 1.165) is 0 Å². The van der Waals surface area contributed by atoms with Crippen molar-refractivity contribution in [1.29, 1.82) is 0 Å². The van der Waals surface area contributed by atoms with Gasteiger partial charge in [0.2, 0.25) is 0 Å². The summed E-state index contributed by atoms with van der Waals surface area (Å²) in [6.07, 6.45) is 0. The Morgan fingerprint density at radius 1 is 0.957 bits per heavy atom. The minimum atomic E-state index is -0.555. The second-order valence-corrected chi connectivity index (χ2v) is 5.66. The van der Waals surface area contributed by atoms with E-state index in [0.29, 0.717) is 20.8 Å². The fourth-order valence-corrected chi connectivity index (χ4v) is 2.34. The minimum absolute atomic E-state index is 0.217. The zero-order valence-electron chi connectivity index (χ0n) is 11.6. The third-order valence-corrected chi connectivity index (χ3v) is 3.38. The Balaban J connectivity index is 1.84. The lowest BCUT2D eigenvalue weighted by atomic mass is 10.2. The predicted molar refractivity (Wildman–Crippen MR) is 89.0 cm³/mol. The van der Waals surface area contributed by atoms with Crippen molar-refractivity contribution >= 4 is 46.6 Å². The van der Waals surface area contributed by atoms with Crippen molar-refractivity contribution < 1.29 is 14.3 Å². The molecule has 0 spiro atoms. The van der Waals surface area contributed by atoms with Crippen LogP contribution in [0.1, 0.15) is 10.4 Å². The molecule has 0 aliphatic carbocycles. The molecule has 0 atom stereocenters. The van der Waals surface area contributed by atoms with Gasteiger partial charge in [-0.05, 0) is 30.3 Å². The van der Waals surface area contributed by atoms with Gasteiger partial charge in [0.1, 0.15) is 5.75 Å². The molecule has 2 aromatic rings. The van der Waals surface area contributed by atoms with Gasteiger partial charge in [-0.25, -0.2) is 0 Å². The molecule has 0 aromatic heterocycles. The topological polar surface area (TPSA) is 67.4 Å². The molecular formula is C15H11Cl3N2O3. The van der Waals surface area contributed by atoms with E-state index >= 15 is 0 Å². The largest absolute Gasteiger partial charge is 0.482 e. The number of rotatable bonds is 4. The van der Waals surface area contributed by atoms with Crippen LogP contribution in [0, 0.1) is 0 Å². The molecule has 0 radical (unpaired) electrons. The molecule has 0 fully saturated rings. The number of nitrogens with one attached hydrogen (secondary N) is 2. The lowest BCUT2D eigenvalue weighted by Crippen LogP contribution is -2.43. The van der Waals surface area contributed by atoms with Gasteiger partial charge >= 0.3 is 0 Å². The number of carbonyl (C=O) groups is 2. The van der Waals surface area contributed by atoms with Crippen LogP contribution in [0.25, 0.3) is 0 Å². The Bertz CT molecular complexity index is 717. The summed E-state index contributed by atoms with van der Waals surface area (Å²) in [7, 11) is 0. The van der Waals surface area contributed by atoms with Crippen molar-refractivity contribution in [3.8, 4) is 5.75 Å². The molecular weight excluding hydrogens is 363 g/mol. The summed E-state index contributed by atoms with van der Waals surface area (Å²) < 4.78 is 5.24. The Morgan fingerprint density at radius 3 is 2.26 bits per heavy atom. The molecule has 5 nitrogen and oxygen atoms in total. The number of benzene rings is 2. The van der Waals surface area contributed by atoms with Crippen LogP contribution in [-0.2, 0) is 4.79 Å². The predicted octanol–water partition coefficient (Wildman–Crippen LogP) is 3.49. The highest BCUT2D eigenvalue weighted by molar-refractivity contribution is 6.35. The van der Waals surface area contributed by atoms with Gasteiger partial charge in [-0.15, -0.1) is 0 Å². The van der Waals surface area contributed by atoms with E-state index < -0.39 is 11.8 Å². The molecule has 2 rings (SSSR count). The number of halogens is 3. The molecule has 2 aromatic carbocycles. The first-order valence-electron chi connectivity index (χ1n) is 6.38. The van der Waals surface area contributed by atoms with E-state index in [1.165, 1.54) is 18.2 Å². The van der Waals surface area contributed by atoms with Gasteiger partial charge in [0.25, 0.3) is 11.8 Å². The van der Waals surface area contributed by atoms with E-state index in [-0.39, 0.29) is 12.2 Å². The maximum Gasteiger partial charge on any atom is 0.276 e. The molecule has 23 heavy (non-hydrogen) atoms. The lowest BCUT2D eigenvalue weighted by Gasteiger charge is -2.10. The van der Waals surface area contributed by atoms with E-state index in [9.17, 15) is 9.59 Å². The number of hydrogen-bond acceptors (Lipinski definition) is 3. The van der Waals surface area contributed by atoms with Gasteiger partial charge in [-0.2, -0.15) is 0 Å². The average Bonchev–Trinajstić information content (AvgIpc) is 2.51. The summed E-state index contributed by atoms with van der Waals surface area (Å²) in [6, 6.07) is 11.1. The maximum atomic E-state index is 11.9. The second-order valence-electron chi connectivity index (χ2n) is 4.38. The fraction of sp³-hybridized carbons (Fsp3) is 0.0667. The molecule has 2 amide bonds. The first-order valence-corrected chi connectivity index (χ1v) is 7.51. The molecule has 0 saturated heterocycles. The van der Waals surface area contributed by atoms with E-state index in [2.05, 4.69) is 10.9 Å². The molecule has 0 heterocycles. The first kappa shape index (κ1) is 17.4. The molecule has 120 valence electrons. The van der Waals surface area contributed by atoms with Crippen LogP contribution in [0.3, 0.4) is 0 Å². The van der Waals surface area contributed by atoms with Crippen LogP contribution in [0.2, 0.25) is 15.1 Å². The molecule has 0 unspecified atom stereocenters. The summed E-state index contributed by atoms with van der Waals surface area (Å²) in [5.41, 5.74) is 4.67. The SMILES string of the molecule is O=C(COc1ccccc1Cl)NNC(=O)c1cc(Cl)cc(Cl)c1. The average molecular weight is 374 g/mol. The van der Waals surface area contributed by atoms with E-state index in [1.807, 2.05) is 0 Å². The quantitative estimate of drug-likeness (QED) is 0.806. The van der Waals surface area contributed by atoms with Crippen molar-refractivity contribution in [2.45, 2.75) is 0 Å². The minimum Gasteiger partial charge on any atom is -0.482 e. The molecule has 8 heteroatoms. The van der Waals surface area contributed by atoms with Crippen LogP contribution in [0.5, 0.6) is 5.75 Å². The van der Waals surface area contributed by atoms with Gasteiger partial charge in [-0.3, -0.25) is 20.4 Å². The summed E-state index contributed by atoms with van der Waals surface area (Å²) in [6.45, 7) is -0.305.